The zero-order chi connectivity index (χ0) is 20.5. The third kappa shape index (κ3) is 6.19. The van der Waals surface area contributed by atoms with Crippen molar-refractivity contribution in [3.05, 3.63) is 53.1 Å². The summed E-state index contributed by atoms with van der Waals surface area (Å²) in [5.74, 6) is 2.10. The van der Waals surface area contributed by atoms with Crippen molar-refractivity contribution in [2.45, 2.75) is 46.1 Å². The van der Waals surface area contributed by atoms with E-state index >= 15 is 0 Å². The van der Waals surface area contributed by atoms with Gasteiger partial charge in [-0.3, -0.25) is 4.79 Å². The van der Waals surface area contributed by atoms with Crippen LogP contribution in [0.1, 0.15) is 36.5 Å². The van der Waals surface area contributed by atoms with E-state index < -0.39 is 6.10 Å². The molecular formula is C23H31NO4. The Labute approximate surface area is 168 Å². The fourth-order valence-corrected chi connectivity index (χ4v) is 3.14. The van der Waals surface area contributed by atoms with Crippen molar-refractivity contribution < 1.29 is 19.0 Å². The standard InChI is InChI=1S/C23H31NO4/c1-6-20(28-19-13-16(2)12-17(3)14-19)23(25)24-11-7-8-18-9-10-21(26-4)22(15-18)27-5/h9-10,12-15,20H,6-8,11H2,1-5H3,(H,24,25). The summed E-state index contributed by atoms with van der Waals surface area (Å²) in [6.07, 6.45) is 1.81. The van der Waals surface area contributed by atoms with Gasteiger partial charge in [-0.05, 0) is 74.1 Å². The number of hydrogen-bond acceptors (Lipinski definition) is 4. The van der Waals surface area contributed by atoms with Crippen LogP contribution in [0.3, 0.4) is 0 Å². The van der Waals surface area contributed by atoms with Crippen molar-refractivity contribution in [2.75, 3.05) is 20.8 Å². The van der Waals surface area contributed by atoms with Crippen LogP contribution in [0.25, 0.3) is 0 Å². The highest BCUT2D eigenvalue weighted by Gasteiger charge is 2.18. The van der Waals surface area contributed by atoms with Gasteiger partial charge >= 0.3 is 0 Å². The van der Waals surface area contributed by atoms with Gasteiger partial charge in [0.15, 0.2) is 17.6 Å². The average Bonchev–Trinajstić information content (AvgIpc) is 2.68. The van der Waals surface area contributed by atoms with E-state index in [2.05, 4.69) is 11.4 Å². The van der Waals surface area contributed by atoms with Gasteiger partial charge in [0.1, 0.15) is 5.75 Å². The quantitative estimate of drug-likeness (QED) is 0.622. The first-order valence-electron chi connectivity index (χ1n) is 9.70. The van der Waals surface area contributed by atoms with Gasteiger partial charge in [0.25, 0.3) is 5.91 Å². The number of rotatable bonds is 10. The van der Waals surface area contributed by atoms with E-state index in [0.29, 0.717) is 18.7 Å². The lowest BCUT2D eigenvalue weighted by Gasteiger charge is -2.18. The molecule has 0 radical (unpaired) electrons. The number of benzene rings is 2. The molecule has 0 aromatic heterocycles. The molecule has 0 aliphatic rings. The van der Waals surface area contributed by atoms with Crippen molar-refractivity contribution in [1.29, 1.82) is 0 Å². The third-order valence-electron chi connectivity index (χ3n) is 4.53. The van der Waals surface area contributed by atoms with E-state index in [1.165, 1.54) is 0 Å². The predicted octanol–water partition coefficient (Wildman–Crippen LogP) is 4.23. The average molecular weight is 386 g/mol. The fraction of sp³-hybridized carbons (Fsp3) is 0.435. The van der Waals surface area contributed by atoms with Gasteiger partial charge in [0.2, 0.25) is 0 Å². The molecule has 2 aromatic carbocycles. The van der Waals surface area contributed by atoms with Crippen molar-refractivity contribution in [3.8, 4) is 17.2 Å². The largest absolute Gasteiger partial charge is 0.493 e. The van der Waals surface area contributed by atoms with Crippen LogP contribution in [0.2, 0.25) is 0 Å². The topological polar surface area (TPSA) is 56.8 Å². The predicted molar refractivity (Wildman–Crippen MR) is 111 cm³/mol. The first-order valence-corrected chi connectivity index (χ1v) is 9.70. The molecular weight excluding hydrogens is 354 g/mol. The molecule has 0 fully saturated rings. The lowest BCUT2D eigenvalue weighted by atomic mass is 10.1. The summed E-state index contributed by atoms with van der Waals surface area (Å²) in [5, 5.41) is 2.98. The van der Waals surface area contributed by atoms with E-state index in [9.17, 15) is 4.79 Å². The molecule has 152 valence electrons. The van der Waals surface area contributed by atoms with Gasteiger partial charge in [-0.2, -0.15) is 0 Å². The molecule has 0 spiro atoms. The molecule has 2 aromatic rings. The first kappa shape index (κ1) is 21.6. The minimum Gasteiger partial charge on any atom is -0.493 e. The minimum absolute atomic E-state index is 0.0750. The zero-order valence-electron chi connectivity index (χ0n) is 17.5. The van der Waals surface area contributed by atoms with E-state index in [-0.39, 0.29) is 5.91 Å². The zero-order valence-corrected chi connectivity index (χ0v) is 17.5. The molecule has 1 unspecified atom stereocenters. The summed E-state index contributed by atoms with van der Waals surface area (Å²) in [7, 11) is 3.25. The lowest BCUT2D eigenvalue weighted by Crippen LogP contribution is -2.38. The number of aryl methyl sites for hydroxylation is 3. The summed E-state index contributed by atoms with van der Waals surface area (Å²) in [4.78, 5) is 12.5. The van der Waals surface area contributed by atoms with Crippen LogP contribution in [-0.4, -0.2) is 32.8 Å². The number of amides is 1. The van der Waals surface area contributed by atoms with Gasteiger partial charge in [-0.1, -0.05) is 19.1 Å². The summed E-state index contributed by atoms with van der Waals surface area (Å²) in [6.45, 7) is 6.60. The molecule has 5 nitrogen and oxygen atoms in total. The number of methoxy groups -OCH3 is 2. The Morgan fingerprint density at radius 1 is 1.00 bits per heavy atom. The van der Waals surface area contributed by atoms with E-state index in [1.54, 1.807) is 14.2 Å². The number of carbonyl (C=O) groups excluding carboxylic acids is 1. The Morgan fingerprint density at radius 3 is 2.29 bits per heavy atom. The highest BCUT2D eigenvalue weighted by atomic mass is 16.5. The van der Waals surface area contributed by atoms with Crippen LogP contribution in [0, 0.1) is 13.8 Å². The molecule has 0 bridgehead atoms. The van der Waals surface area contributed by atoms with E-state index in [0.717, 1.165) is 41.0 Å². The highest BCUT2D eigenvalue weighted by Crippen LogP contribution is 2.27. The molecule has 0 saturated heterocycles. The molecule has 1 atom stereocenters. The Kier molecular flexibility index (Phi) is 8.18. The van der Waals surface area contributed by atoms with Gasteiger partial charge in [-0.15, -0.1) is 0 Å². The van der Waals surface area contributed by atoms with Crippen LogP contribution < -0.4 is 19.5 Å². The van der Waals surface area contributed by atoms with Crippen molar-refractivity contribution in [1.82, 2.24) is 5.32 Å². The van der Waals surface area contributed by atoms with Gasteiger partial charge in [0, 0.05) is 6.54 Å². The molecule has 0 heterocycles. The summed E-state index contributed by atoms with van der Waals surface area (Å²) >= 11 is 0. The second-order valence-corrected chi connectivity index (χ2v) is 6.92. The van der Waals surface area contributed by atoms with Gasteiger partial charge < -0.3 is 19.5 Å². The van der Waals surface area contributed by atoms with Crippen LogP contribution in [0.15, 0.2) is 36.4 Å². The van der Waals surface area contributed by atoms with Gasteiger partial charge in [-0.25, -0.2) is 0 Å². The molecule has 5 heteroatoms. The smallest absolute Gasteiger partial charge is 0.261 e. The summed E-state index contributed by atoms with van der Waals surface area (Å²) in [5.41, 5.74) is 3.39. The number of carbonyl (C=O) groups is 1. The Bertz CT molecular complexity index is 768. The SMILES string of the molecule is CCC(Oc1cc(C)cc(C)c1)C(=O)NCCCc1ccc(OC)c(OC)c1. The molecule has 0 saturated carbocycles. The van der Waals surface area contributed by atoms with Gasteiger partial charge in [0.05, 0.1) is 14.2 Å². The molecule has 0 aliphatic heterocycles. The summed E-state index contributed by atoms with van der Waals surface area (Å²) in [6, 6.07) is 11.9. The maximum atomic E-state index is 12.5. The van der Waals surface area contributed by atoms with Crippen LogP contribution in [0.4, 0.5) is 0 Å². The normalized spacial score (nSPS) is 11.6. The third-order valence-corrected chi connectivity index (χ3v) is 4.53. The Balaban J connectivity index is 1.83. The van der Waals surface area contributed by atoms with Crippen LogP contribution >= 0.6 is 0 Å². The van der Waals surface area contributed by atoms with Crippen LogP contribution in [-0.2, 0) is 11.2 Å². The van der Waals surface area contributed by atoms with Crippen molar-refractivity contribution in [2.24, 2.45) is 0 Å². The fourth-order valence-electron chi connectivity index (χ4n) is 3.14. The molecule has 1 N–H and O–H groups in total. The maximum Gasteiger partial charge on any atom is 0.261 e. The van der Waals surface area contributed by atoms with Crippen LogP contribution in [0.5, 0.6) is 17.2 Å². The number of nitrogens with one attached hydrogen (secondary N) is 1. The lowest BCUT2D eigenvalue weighted by molar-refractivity contribution is -0.128. The number of hydrogen-bond donors (Lipinski definition) is 1. The minimum atomic E-state index is -0.484. The Hall–Kier alpha value is -2.69. The summed E-state index contributed by atoms with van der Waals surface area (Å²) < 4.78 is 16.5. The maximum absolute atomic E-state index is 12.5. The van der Waals surface area contributed by atoms with Crippen molar-refractivity contribution >= 4 is 5.91 Å². The molecule has 28 heavy (non-hydrogen) atoms. The van der Waals surface area contributed by atoms with Crippen molar-refractivity contribution in [3.63, 3.8) is 0 Å². The second kappa shape index (κ2) is 10.6. The monoisotopic (exact) mass is 385 g/mol. The number of ether oxygens (including phenoxy) is 3. The Morgan fingerprint density at radius 2 is 1.68 bits per heavy atom. The molecule has 1 amide bonds. The molecule has 2 rings (SSSR count). The second-order valence-electron chi connectivity index (χ2n) is 6.92. The first-order chi connectivity index (χ1) is 13.5. The van der Waals surface area contributed by atoms with E-state index in [1.807, 2.05) is 51.1 Å². The highest BCUT2D eigenvalue weighted by molar-refractivity contribution is 5.81. The molecule has 0 aliphatic carbocycles. The van der Waals surface area contributed by atoms with E-state index in [4.69, 9.17) is 14.2 Å².